The first kappa shape index (κ1) is 15.2. The van der Waals surface area contributed by atoms with Gasteiger partial charge in [-0.05, 0) is 37.0 Å². The molecule has 0 spiro atoms. The summed E-state index contributed by atoms with van der Waals surface area (Å²) < 4.78 is 0. The van der Waals surface area contributed by atoms with Gasteiger partial charge in [0.05, 0.1) is 16.7 Å². The van der Waals surface area contributed by atoms with E-state index < -0.39 is 6.04 Å². The zero-order chi connectivity index (χ0) is 14.5. The molecule has 106 valence electrons. The summed E-state index contributed by atoms with van der Waals surface area (Å²) in [5.41, 5.74) is 0.315. The van der Waals surface area contributed by atoms with Crippen LogP contribution >= 0.6 is 23.2 Å². The summed E-state index contributed by atoms with van der Waals surface area (Å²) in [4.78, 5) is 12.2. The molecule has 20 heavy (non-hydrogen) atoms. The summed E-state index contributed by atoms with van der Waals surface area (Å²) in [6.07, 6.45) is 5.43. The van der Waals surface area contributed by atoms with Crippen molar-refractivity contribution in [2.75, 3.05) is 0 Å². The summed E-state index contributed by atoms with van der Waals surface area (Å²) in [7, 11) is 0. The lowest BCUT2D eigenvalue weighted by molar-refractivity contribution is 0.0929. The topological polar surface area (TPSA) is 52.9 Å². The molecule has 0 aromatic heterocycles. The van der Waals surface area contributed by atoms with Gasteiger partial charge in [0.25, 0.3) is 5.91 Å². The molecule has 0 heterocycles. The number of benzene rings is 1. The average molecular weight is 311 g/mol. The predicted octanol–water partition coefficient (Wildman–Crippen LogP) is 4.20. The summed E-state index contributed by atoms with van der Waals surface area (Å²) in [6.45, 7) is 0. The van der Waals surface area contributed by atoms with Crippen molar-refractivity contribution in [3.8, 4) is 6.07 Å². The third-order valence-electron chi connectivity index (χ3n) is 3.72. The Balaban J connectivity index is 2.09. The molecule has 1 N–H and O–H groups in total. The molecule has 1 fully saturated rings. The number of carbonyl (C=O) groups excluding carboxylic acids is 1. The van der Waals surface area contributed by atoms with Crippen molar-refractivity contribution >= 4 is 29.1 Å². The summed E-state index contributed by atoms with van der Waals surface area (Å²) >= 11 is 11.9. The maximum absolute atomic E-state index is 12.2. The Labute approximate surface area is 128 Å². The van der Waals surface area contributed by atoms with E-state index in [1.165, 1.54) is 12.5 Å². The lowest BCUT2D eigenvalue weighted by Crippen LogP contribution is -2.40. The minimum absolute atomic E-state index is 0.232. The monoisotopic (exact) mass is 310 g/mol. The first-order valence-corrected chi connectivity index (χ1v) is 7.53. The first-order valence-electron chi connectivity index (χ1n) is 6.77. The van der Waals surface area contributed by atoms with E-state index in [-0.39, 0.29) is 11.8 Å². The highest BCUT2D eigenvalue weighted by molar-refractivity contribution is 6.35. The zero-order valence-corrected chi connectivity index (χ0v) is 12.5. The molecule has 2 rings (SSSR count). The molecule has 1 aliphatic carbocycles. The molecule has 0 aliphatic heterocycles. The summed E-state index contributed by atoms with van der Waals surface area (Å²) in [6, 6.07) is 6.47. The number of rotatable bonds is 3. The summed E-state index contributed by atoms with van der Waals surface area (Å²) in [5, 5.41) is 12.8. The molecule has 1 saturated carbocycles. The van der Waals surface area contributed by atoms with Gasteiger partial charge in [-0.1, -0.05) is 42.5 Å². The molecule has 1 aromatic rings. The molecular weight excluding hydrogens is 295 g/mol. The molecule has 5 heteroatoms. The van der Waals surface area contributed by atoms with Gasteiger partial charge in [0.1, 0.15) is 6.04 Å². The third-order valence-corrected chi connectivity index (χ3v) is 4.28. The van der Waals surface area contributed by atoms with Crippen molar-refractivity contribution in [3.63, 3.8) is 0 Å². The van der Waals surface area contributed by atoms with E-state index in [1.54, 1.807) is 12.1 Å². The van der Waals surface area contributed by atoms with Crippen LogP contribution in [0.1, 0.15) is 42.5 Å². The van der Waals surface area contributed by atoms with Gasteiger partial charge in [-0.15, -0.1) is 0 Å². The second kappa shape index (κ2) is 6.97. The van der Waals surface area contributed by atoms with Gasteiger partial charge in [0.2, 0.25) is 0 Å². The van der Waals surface area contributed by atoms with E-state index in [1.807, 2.05) is 0 Å². The fourth-order valence-corrected chi connectivity index (χ4v) is 2.99. The molecule has 1 aliphatic rings. The van der Waals surface area contributed by atoms with Crippen molar-refractivity contribution in [2.24, 2.45) is 5.92 Å². The Hall–Kier alpha value is -1.24. The number of nitrogens with one attached hydrogen (secondary N) is 1. The Morgan fingerprint density at radius 1 is 1.30 bits per heavy atom. The van der Waals surface area contributed by atoms with E-state index >= 15 is 0 Å². The second-order valence-corrected chi connectivity index (χ2v) is 5.95. The van der Waals surface area contributed by atoms with Gasteiger partial charge in [-0.3, -0.25) is 4.79 Å². The van der Waals surface area contributed by atoms with Crippen molar-refractivity contribution in [2.45, 2.75) is 38.1 Å². The van der Waals surface area contributed by atoms with E-state index in [4.69, 9.17) is 23.2 Å². The fraction of sp³-hybridized carbons (Fsp3) is 0.467. The zero-order valence-electron chi connectivity index (χ0n) is 11.0. The lowest BCUT2D eigenvalue weighted by Gasteiger charge is -2.26. The third kappa shape index (κ3) is 3.65. The van der Waals surface area contributed by atoms with Gasteiger partial charge in [-0.25, -0.2) is 0 Å². The molecule has 1 amide bonds. The highest BCUT2D eigenvalue weighted by Crippen LogP contribution is 2.27. The van der Waals surface area contributed by atoms with Gasteiger partial charge < -0.3 is 5.32 Å². The number of hydrogen-bond acceptors (Lipinski definition) is 2. The lowest BCUT2D eigenvalue weighted by atomic mass is 9.84. The Bertz CT molecular complexity index is 533. The molecule has 0 saturated heterocycles. The van der Waals surface area contributed by atoms with Crippen LogP contribution in [0.5, 0.6) is 0 Å². The van der Waals surface area contributed by atoms with Gasteiger partial charge in [0.15, 0.2) is 0 Å². The van der Waals surface area contributed by atoms with Gasteiger partial charge in [0, 0.05) is 5.02 Å². The van der Waals surface area contributed by atoms with Crippen LogP contribution in [0.25, 0.3) is 0 Å². The van der Waals surface area contributed by atoms with E-state index in [0.717, 1.165) is 25.7 Å². The van der Waals surface area contributed by atoms with Gasteiger partial charge >= 0.3 is 0 Å². The summed E-state index contributed by atoms with van der Waals surface area (Å²) in [5.74, 6) is -0.106. The van der Waals surface area contributed by atoms with E-state index in [9.17, 15) is 10.1 Å². The van der Waals surface area contributed by atoms with Crippen LogP contribution in [-0.2, 0) is 0 Å². The SMILES string of the molecule is N#CC(NC(=O)c1cc(Cl)ccc1Cl)C1CCCCC1. The molecule has 0 radical (unpaired) electrons. The van der Waals surface area contributed by atoms with Crippen molar-refractivity contribution in [3.05, 3.63) is 33.8 Å². The van der Waals surface area contributed by atoms with E-state index in [0.29, 0.717) is 15.6 Å². The normalized spacial score (nSPS) is 17.2. The maximum Gasteiger partial charge on any atom is 0.253 e. The number of nitriles is 1. The number of carbonyl (C=O) groups is 1. The van der Waals surface area contributed by atoms with Crippen LogP contribution in [0.3, 0.4) is 0 Å². The van der Waals surface area contributed by atoms with E-state index in [2.05, 4.69) is 11.4 Å². The molecule has 1 unspecified atom stereocenters. The molecule has 1 atom stereocenters. The van der Waals surface area contributed by atoms with Gasteiger partial charge in [-0.2, -0.15) is 5.26 Å². The molecular formula is C15H16Cl2N2O. The van der Waals surface area contributed by atoms with Crippen molar-refractivity contribution in [1.29, 1.82) is 5.26 Å². The Morgan fingerprint density at radius 2 is 2.00 bits per heavy atom. The Kier molecular flexibility index (Phi) is 5.28. The van der Waals surface area contributed by atoms with Crippen LogP contribution in [-0.4, -0.2) is 11.9 Å². The van der Waals surface area contributed by atoms with Crippen LogP contribution < -0.4 is 5.32 Å². The number of nitrogens with zero attached hydrogens (tertiary/aromatic N) is 1. The second-order valence-electron chi connectivity index (χ2n) is 5.10. The number of hydrogen-bond donors (Lipinski definition) is 1. The highest BCUT2D eigenvalue weighted by Gasteiger charge is 2.25. The average Bonchev–Trinajstić information content (AvgIpc) is 2.48. The maximum atomic E-state index is 12.2. The largest absolute Gasteiger partial charge is 0.336 e. The first-order chi connectivity index (χ1) is 9.61. The quantitative estimate of drug-likeness (QED) is 0.909. The molecule has 1 aromatic carbocycles. The highest BCUT2D eigenvalue weighted by atomic mass is 35.5. The number of halogens is 2. The van der Waals surface area contributed by atoms with Crippen molar-refractivity contribution in [1.82, 2.24) is 5.32 Å². The minimum Gasteiger partial charge on any atom is -0.336 e. The van der Waals surface area contributed by atoms with Crippen LogP contribution in [0.4, 0.5) is 0 Å². The number of amides is 1. The Morgan fingerprint density at radius 3 is 2.65 bits per heavy atom. The van der Waals surface area contributed by atoms with Crippen LogP contribution in [0, 0.1) is 17.2 Å². The van der Waals surface area contributed by atoms with Crippen molar-refractivity contribution < 1.29 is 4.79 Å². The minimum atomic E-state index is -0.460. The fourth-order valence-electron chi connectivity index (χ4n) is 2.61. The van der Waals surface area contributed by atoms with Crippen LogP contribution in [0.15, 0.2) is 18.2 Å². The van der Waals surface area contributed by atoms with Crippen LogP contribution in [0.2, 0.25) is 10.0 Å². The smallest absolute Gasteiger partial charge is 0.253 e. The standard InChI is InChI=1S/C15H16Cl2N2O/c16-11-6-7-13(17)12(8-11)15(20)19-14(9-18)10-4-2-1-3-5-10/h6-8,10,14H,1-5H2,(H,19,20). The molecule has 0 bridgehead atoms. The predicted molar refractivity (Wildman–Crippen MR) is 79.9 cm³/mol. The molecule has 3 nitrogen and oxygen atoms in total.